The summed E-state index contributed by atoms with van der Waals surface area (Å²) in [5.41, 5.74) is 0. The van der Waals surface area contributed by atoms with E-state index in [1.807, 2.05) is 18.2 Å². The fourth-order valence-corrected chi connectivity index (χ4v) is 5.23. The molecule has 0 bridgehead atoms. The first-order valence-electron chi connectivity index (χ1n) is 7.73. The van der Waals surface area contributed by atoms with E-state index in [4.69, 9.17) is 0 Å². The number of nitrogens with one attached hydrogen (secondary N) is 1. The van der Waals surface area contributed by atoms with Gasteiger partial charge in [-0.25, -0.2) is 8.42 Å². The van der Waals surface area contributed by atoms with Gasteiger partial charge in [0.05, 0.1) is 5.75 Å². The van der Waals surface area contributed by atoms with Crippen LogP contribution in [-0.2, 0) is 10.0 Å². The summed E-state index contributed by atoms with van der Waals surface area (Å²) >= 11 is 0. The molecule has 2 fully saturated rings. The molecule has 0 radical (unpaired) electrons. The third-order valence-corrected chi connectivity index (χ3v) is 6.35. The van der Waals surface area contributed by atoms with Gasteiger partial charge in [0.25, 0.3) is 0 Å². The van der Waals surface area contributed by atoms with E-state index in [-0.39, 0.29) is 5.75 Å². The standard InChI is InChI=1S/C14H28N2O2S/c1-12(2)15-9-11-19(17,18)16-10-5-7-13-6-3-4-8-14(13)16/h12-15H,3-11H2,1-2H3. The lowest BCUT2D eigenvalue weighted by Crippen LogP contribution is -2.51. The zero-order valence-corrected chi connectivity index (χ0v) is 13.1. The minimum Gasteiger partial charge on any atom is -0.313 e. The average Bonchev–Trinajstić information content (AvgIpc) is 2.37. The van der Waals surface area contributed by atoms with E-state index in [1.54, 1.807) is 0 Å². The second-order valence-electron chi connectivity index (χ2n) is 6.29. The first-order chi connectivity index (χ1) is 9.00. The van der Waals surface area contributed by atoms with E-state index in [9.17, 15) is 8.42 Å². The summed E-state index contributed by atoms with van der Waals surface area (Å²) in [6.45, 7) is 5.40. The third-order valence-electron chi connectivity index (χ3n) is 4.46. The molecule has 0 amide bonds. The maximum absolute atomic E-state index is 12.5. The molecule has 1 saturated carbocycles. The van der Waals surface area contributed by atoms with Gasteiger partial charge in [-0.05, 0) is 31.6 Å². The number of fused-ring (bicyclic) bond motifs is 1. The van der Waals surface area contributed by atoms with E-state index in [0.29, 0.717) is 24.5 Å². The molecular weight excluding hydrogens is 260 g/mol. The fourth-order valence-electron chi connectivity index (χ4n) is 3.52. The molecule has 1 N–H and O–H groups in total. The van der Waals surface area contributed by atoms with Gasteiger partial charge in [-0.15, -0.1) is 0 Å². The van der Waals surface area contributed by atoms with Crippen molar-refractivity contribution in [1.82, 2.24) is 9.62 Å². The number of hydrogen-bond donors (Lipinski definition) is 1. The summed E-state index contributed by atoms with van der Waals surface area (Å²) in [4.78, 5) is 0. The smallest absolute Gasteiger partial charge is 0.215 e. The lowest BCUT2D eigenvalue weighted by Gasteiger charge is -2.43. The predicted molar refractivity (Wildman–Crippen MR) is 78.6 cm³/mol. The number of nitrogens with zero attached hydrogens (tertiary/aromatic N) is 1. The Morgan fingerprint density at radius 1 is 1.16 bits per heavy atom. The average molecular weight is 288 g/mol. The Morgan fingerprint density at radius 2 is 1.84 bits per heavy atom. The Morgan fingerprint density at radius 3 is 2.58 bits per heavy atom. The molecule has 0 spiro atoms. The maximum atomic E-state index is 12.5. The van der Waals surface area contributed by atoms with E-state index in [2.05, 4.69) is 5.32 Å². The molecule has 4 nitrogen and oxygen atoms in total. The van der Waals surface area contributed by atoms with E-state index < -0.39 is 10.0 Å². The largest absolute Gasteiger partial charge is 0.313 e. The van der Waals surface area contributed by atoms with E-state index >= 15 is 0 Å². The quantitative estimate of drug-likeness (QED) is 0.841. The molecule has 2 unspecified atom stereocenters. The van der Waals surface area contributed by atoms with Crippen LogP contribution in [0.5, 0.6) is 0 Å². The Kier molecular flexibility index (Phi) is 5.26. The normalized spacial score (nSPS) is 29.4. The fraction of sp³-hybridized carbons (Fsp3) is 1.00. The second kappa shape index (κ2) is 6.55. The number of sulfonamides is 1. The zero-order valence-electron chi connectivity index (χ0n) is 12.3. The van der Waals surface area contributed by atoms with Gasteiger partial charge >= 0.3 is 0 Å². The van der Waals surface area contributed by atoms with Crippen LogP contribution in [-0.4, -0.2) is 43.6 Å². The van der Waals surface area contributed by atoms with Crippen molar-refractivity contribution in [1.29, 1.82) is 0 Å². The van der Waals surface area contributed by atoms with Crippen molar-refractivity contribution in [2.75, 3.05) is 18.8 Å². The van der Waals surface area contributed by atoms with Gasteiger partial charge < -0.3 is 5.32 Å². The van der Waals surface area contributed by atoms with Crippen LogP contribution in [0.25, 0.3) is 0 Å². The Hall–Kier alpha value is -0.130. The lowest BCUT2D eigenvalue weighted by atomic mass is 9.79. The molecule has 1 saturated heterocycles. The van der Waals surface area contributed by atoms with E-state index in [0.717, 1.165) is 19.4 Å². The molecule has 5 heteroatoms. The summed E-state index contributed by atoms with van der Waals surface area (Å²) in [5.74, 6) is 0.865. The lowest BCUT2D eigenvalue weighted by molar-refractivity contribution is 0.129. The Labute approximate surface area is 118 Å². The predicted octanol–water partition coefficient (Wildman–Crippen LogP) is 1.97. The van der Waals surface area contributed by atoms with Crippen molar-refractivity contribution in [3.8, 4) is 0 Å². The molecule has 1 aliphatic heterocycles. The summed E-state index contributed by atoms with van der Waals surface area (Å²) in [6.07, 6.45) is 7.03. The molecule has 0 aromatic rings. The molecule has 1 heterocycles. The van der Waals surface area contributed by atoms with Gasteiger partial charge in [0.1, 0.15) is 0 Å². The van der Waals surface area contributed by atoms with Crippen LogP contribution in [0, 0.1) is 5.92 Å². The van der Waals surface area contributed by atoms with Gasteiger partial charge in [-0.2, -0.15) is 4.31 Å². The van der Waals surface area contributed by atoms with Crippen molar-refractivity contribution in [2.45, 2.75) is 64.5 Å². The molecule has 2 atom stereocenters. The van der Waals surface area contributed by atoms with E-state index in [1.165, 1.54) is 25.7 Å². The van der Waals surface area contributed by atoms with Gasteiger partial charge in [0.2, 0.25) is 10.0 Å². The van der Waals surface area contributed by atoms with Gasteiger partial charge in [-0.1, -0.05) is 26.7 Å². The minimum absolute atomic E-state index is 0.244. The number of piperidine rings is 1. The van der Waals surface area contributed by atoms with Crippen molar-refractivity contribution >= 4 is 10.0 Å². The van der Waals surface area contributed by atoms with Crippen LogP contribution in [0.1, 0.15) is 52.4 Å². The molecular formula is C14H28N2O2S. The molecule has 112 valence electrons. The van der Waals surface area contributed by atoms with Gasteiger partial charge in [0.15, 0.2) is 0 Å². The van der Waals surface area contributed by atoms with Crippen molar-refractivity contribution in [3.63, 3.8) is 0 Å². The number of hydrogen-bond acceptors (Lipinski definition) is 3. The minimum atomic E-state index is -3.08. The van der Waals surface area contributed by atoms with Crippen LogP contribution in [0.15, 0.2) is 0 Å². The highest BCUT2D eigenvalue weighted by molar-refractivity contribution is 7.89. The van der Waals surface area contributed by atoms with Gasteiger partial charge in [0, 0.05) is 25.2 Å². The van der Waals surface area contributed by atoms with Crippen LogP contribution in [0.2, 0.25) is 0 Å². The highest BCUT2D eigenvalue weighted by Gasteiger charge is 2.38. The Bertz CT molecular complexity index is 379. The monoisotopic (exact) mass is 288 g/mol. The summed E-state index contributed by atoms with van der Waals surface area (Å²) in [7, 11) is -3.08. The maximum Gasteiger partial charge on any atom is 0.215 e. The van der Waals surface area contributed by atoms with Crippen molar-refractivity contribution in [2.24, 2.45) is 5.92 Å². The molecule has 2 rings (SSSR count). The van der Waals surface area contributed by atoms with Crippen LogP contribution < -0.4 is 5.32 Å². The van der Waals surface area contributed by atoms with Crippen LogP contribution in [0.3, 0.4) is 0 Å². The highest BCUT2D eigenvalue weighted by atomic mass is 32.2. The number of rotatable bonds is 5. The Balaban J connectivity index is 1.97. The molecule has 1 aliphatic carbocycles. The highest BCUT2D eigenvalue weighted by Crippen LogP contribution is 2.36. The third kappa shape index (κ3) is 3.92. The first-order valence-corrected chi connectivity index (χ1v) is 9.34. The van der Waals surface area contributed by atoms with Crippen LogP contribution >= 0.6 is 0 Å². The topological polar surface area (TPSA) is 49.4 Å². The summed E-state index contributed by atoms with van der Waals surface area (Å²) in [5, 5.41) is 3.21. The zero-order chi connectivity index (χ0) is 13.9. The molecule has 0 aromatic heterocycles. The molecule has 19 heavy (non-hydrogen) atoms. The molecule has 2 aliphatic rings. The summed E-state index contributed by atoms with van der Waals surface area (Å²) < 4.78 is 26.9. The summed E-state index contributed by atoms with van der Waals surface area (Å²) in [6, 6.07) is 0.644. The SMILES string of the molecule is CC(C)NCCS(=O)(=O)N1CCCC2CCCCC21. The van der Waals surface area contributed by atoms with Gasteiger partial charge in [-0.3, -0.25) is 0 Å². The van der Waals surface area contributed by atoms with Crippen molar-refractivity contribution < 1.29 is 8.42 Å². The molecule has 0 aromatic carbocycles. The van der Waals surface area contributed by atoms with Crippen LogP contribution in [0.4, 0.5) is 0 Å². The van der Waals surface area contributed by atoms with Crippen molar-refractivity contribution in [3.05, 3.63) is 0 Å². The second-order valence-corrected chi connectivity index (χ2v) is 8.33. The first kappa shape index (κ1) is 15.3.